The summed E-state index contributed by atoms with van der Waals surface area (Å²) in [6.45, 7) is 9.11. The molecule has 2 aromatic rings. The van der Waals surface area contributed by atoms with Crippen molar-refractivity contribution >= 4 is 11.7 Å². The molecule has 0 aliphatic carbocycles. The van der Waals surface area contributed by atoms with Crippen molar-refractivity contribution in [3.8, 4) is 0 Å². The third-order valence-electron chi connectivity index (χ3n) is 5.34. The van der Waals surface area contributed by atoms with Crippen LogP contribution in [0.5, 0.6) is 0 Å². The van der Waals surface area contributed by atoms with Gasteiger partial charge in [0.1, 0.15) is 18.2 Å². The monoisotopic (exact) mass is 367 g/mol. The molecule has 1 aliphatic heterocycles. The summed E-state index contributed by atoms with van der Waals surface area (Å²) in [5, 5.41) is 0. The highest BCUT2D eigenvalue weighted by Gasteiger charge is 2.30. The van der Waals surface area contributed by atoms with Crippen LogP contribution in [0.15, 0.2) is 30.6 Å². The Kier molecular flexibility index (Phi) is 5.75. The van der Waals surface area contributed by atoms with Crippen LogP contribution in [-0.4, -0.2) is 65.9 Å². The predicted octanol–water partition coefficient (Wildman–Crippen LogP) is 2.35. The number of benzene rings is 1. The van der Waals surface area contributed by atoms with Crippen molar-refractivity contribution in [3.05, 3.63) is 53.0 Å². The van der Waals surface area contributed by atoms with Gasteiger partial charge >= 0.3 is 0 Å². The predicted molar refractivity (Wildman–Crippen MR) is 108 cm³/mol. The number of hydrogen-bond acceptors (Lipinski definition) is 5. The summed E-state index contributed by atoms with van der Waals surface area (Å²) in [5.74, 6) is 1.15. The largest absolute Gasteiger partial charge is 0.353 e. The van der Waals surface area contributed by atoms with Gasteiger partial charge in [-0.25, -0.2) is 9.97 Å². The Hall–Kier alpha value is -2.47. The Bertz CT molecular complexity index is 795. The molecule has 6 heteroatoms. The van der Waals surface area contributed by atoms with Crippen LogP contribution in [0.3, 0.4) is 0 Å². The first kappa shape index (κ1) is 19.3. The Morgan fingerprint density at radius 3 is 2.22 bits per heavy atom. The second-order valence-corrected chi connectivity index (χ2v) is 7.50. The van der Waals surface area contributed by atoms with Gasteiger partial charge in [0.15, 0.2) is 0 Å². The van der Waals surface area contributed by atoms with Crippen LogP contribution >= 0.6 is 0 Å². The fourth-order valence-electron chi connectivity index (χ4n) is 3.57. The third-order valence-corrected chi connectivity index (χ3v) is 5.34. The summed E-state index contributed by atoms with van der Waals surface area (Å²) in [6, 6.07) is 8.00. The van der Waals surface area contributed by atoms with E-state index in [1.54, 1.807) is 6.33 Å². The second kappa shape index (κ2) is 8.05. The van der Waals surface area contributed by atoms with Crippen LogP contribution in [-0.2, 0) is 4.79 Å². The zero-order valence-corrected chi connectivity index (χ0v) is 16.9. The van der Waals surface area contributed by atoms with E-state index in [1.807, 2.05) is 30.8 Å². The maximum Gasteiger partial charge on any atom is 0.244 e. The number of aryl methyl sites for hydroxylation is 2. The molecule has 1 unspecified atom stereocenters. The molecule has 3 rings (SSSR count). The molecule has 0 radical (unpaired) electrons. The van der Waals surface area contributed by atoms with Crippen LogP contribution in [0.25, 0.3) is 0 Å². The number of amides is 1. The molecule has 0 spiro atoms. The Labute approximate surface area is 161 Å². The number of rotatable bonds is 4. The van der Waals surface area contributed by atoms with E-state index in [9.17, 15) is 4.79 Å². The van der Waals surface area contributed by atoms with Gasteiger partial charge in [-0.2, -0.15) is 0 Å². The lowest BCUT2D eigenvalue weighted by molar-refractivity contribution is -0.136. The summed E-state index contributed by atoms with van der Waals surface area (Å²) in [5.41, 5.74) is 4.36. The van der Waals surface area contributed by atoms with Gasteiger partial charge in [0.2, 0.25) is 5.91 Å². The maximum atomic E-state index is 13.2. The van der Waals surface area contributed by atoms with Crippen LogP contribution in [0.4, 0.5) is 5.82 Å². The molecule has 144 valence electrons. The number of carbonyl (C=O) groups excluding carboxylic acids is 1. The lowest BCUT2D eigenvalue weighted by atomic mass is 10.0. The molecule has 0 N–H and O–H groups in total. The minimum absolute atomic E-state index is 0.166. The summed E-state index contributed by atoms with van der Waals surface area (Å²) in [6.07, 6.45) is 1.62. The number of carbonyl (C=O) groups is 1. The van der Waals surface area contributed by atoms with E-state index in [4.69, 9.17) is 0 Å². The van der Waals surface area contributed by atoms with Crippen LogP contribution in [0.1, 0.15) is 28.4 Å². The van der Waals surface area contributed by atoms with Crippen molar-refractivity contribution in [2.24, 2.45) is 0 Å². The van der Waals surface area contributed by atoms with Crippen molar-refractivity contribution in [3.63, 3.8) is 0 Å². The summed E-state index contributed by atoms with van der Waals surface area (Å²) < 4.78 is 0. The van der Waals surface area contributed by atoms with Crippen molar-refractivity contribution in [2.75, 3.05) is 45.2 Å². The van der Waals surface area contributed by atoms with Crippen molar-refractivity contribution in [1.29, 1.82) is 0 Å². The van der Waals surface area contributed by atoms with E-state index in [0.717, 1.165) is 35.7 Å². The molecule has 1 aromatic carbocycles. The molecule has 27 heavy (non-hydrogen) atoms. The zero-order chi connectivity index (χ0) is 19.6. The van der Waals surface area contributed by atoms with Crippen LogP contribution < -0.4 is 4.90 Å². The quantitative estimate of drug-likeness (QED) is 0.830. The first-order chi connectivity index (χ1) is 12.9. The van der Waals surface area contributed by atoms with Gasteiger partial charge in [0.25, 0.3) is 0 Å². The summed E-state index contributed by atoms with van der Waals surface area (Å²) in [7, 11) is 3.93. The number of piperazine rings is 1. The molecule has 1 fully saturated rings. The number of anilines is 1. The van der Waals surface area contributed by atoms with Gasteiger partial charge in [-0.15, -0.1) is 0 Å². The number of aromatic nitrogens is 2. The van der Waals surface area contributed by atoms with E-state index >= 15 is 0 Å². The number of likely N-dealkylation sites (N-methyl/N-ethyl adjacent to an activating group) is 1. The first-order valence-corrected chi connectivity index (χ1v) is 9.43. The Morgan fingerprint density at radius 1 is 1.00 bits per heavy atom. The highest BCUT2D eigenvalue weighted by Crippen LogP contribution is 2.24. The van der Waals surface area contributed by atoms with Crippen molar-refractivity contribution in [2.45, 2.75) is 26.8 Å². The SMILES string of the molecule is Cc1ccc(C(C(=O)N2CCN(c3ncnc(C)c3C)CC2)N(C)C)cc1. The summed E-state index contributed by atoms with van der Waals surface area (Å²) in [4.78, 5) is 28.2. The van der Waals surface area contributed by atoms with E-state index in [1.165, 1.54) is 5.56 Å². The van der Waals surface area contributed by atoms with Crippen molar-refractivity contribution < 1.29 is 4.79 Å². The van der Waals surface area contributed by atoms with E-state index in [-0.39, 0.29) is 11.9 Å². The molecule has 0 bridgehead atoms. The number of nitrogens with zero attached hydrogens (tertiary/aromatic N) is 5. The average molecular weight is 367 g/mol. The third kappa shape index (κ3) is 4.11. The van der Waals surface area contributed by atoms with E-state index in [0.29, 0.717) is 13.1 Å². The maximum absolute atomic E-state index is 13.2. The topological polar surface area (TPSA) is 52.6 Å². The Balaban J connectivity index is 1.71. The van der Waals surface area contributed by atoms with Gasteiger partial charge in [-0.3, -0.25) is 9.69 Å². The van der Waals surface area contributed by atoms with E-state index < -0.39 is 0 Å². The van der Waals surface area contributed by atoms with Crippen LogP contribution in [0, 0.1) is 20.8 Å². The molecule has 2 heterocycles. The zero-order valence-electron chi connectivity index (χ0n) is 16.9. The van der Waals surface area contributed by atoms with Gasteiger partial charge in [-0.05, 0) is 40.4 Å². The first-order valence-electron chi connectivity index (χ1n) is 9.43. The fraction of sp³-hybridized carbons (Fsp3) is 0.476. The average Bonchev–Trinajstić information content (AvgIpc) is 2.65. The molecule has 6 nitrogen and oxygen atoms in total. The van der Waals surface area contributed by atoms with E-state index in [2.05, 4.69) is 53.0 Å². The fourth-order valence-corrected chi connectivity index (χ4v) is 3.57. The lowest BCUT2D eigenvalue weighted by Gasteiger charge is -2.38. The van der Waals surface area contributed by atoms with Gasteiger partial charge in [-0.1, -0.05) is 29.8 Å². The smallest absolute Gasteiger partial charge is 0.244 e. The molecule has 1 aliphatic rings. The molecule has 1 amide bonds. The second-order valence-electron chi connectivity index (χ2n) is 7.50. The summed E-state index contributed by atoms with van der Waals surface area (Å²) >= 11 is 0. The molecule has 1 atom stereocenters. The van der Waals surface area contributed by atoms with Gasteiger partial charge < -0.3 is 9.80 Å². The molecule has 1 aromatic heterocycles. The normalized spacial score (nSPS) is 15.9. The lowest BCUT2D eigenvalue weighted by Crippen LogP contribution is -2.52. The van der Waals surface area contributed by atoms with Crippen molar-refractivity contribution in [1.82, 2.24) is 19.8 Å². The number of hydrogen-bond donors (Lipinski definition) is 0. The molecular formula is C21H29N5O. The standard InChI is InChI=1S/C21H29N5O/c1-15-6-8-18(9-7-15)19(24(4)5)21(27)26-12-10-25(11-13-26)20-16(2)17(3)22-14-23-20/h6-9,14,19H,10-13H2,1-5H3. The van der Waals surface area contributed by atoms with Crippen LogP contribution in [0.2, 0.25) is 0 Å². The molecule has 1 saturated heterocycles. The Morgan fingerprint density at radius 2 is 1.63 bits per heavy atom. The highest BCUT2D eigenvalue weighted by molar-refractivity contribution is 5.83. The highest BCUT2D eigenvalue weighted by atomic mass is 16.2. The minimum Gasteiger partial charge on any atom is -0.353 e. The van der Waals surface area contributed by atoms with Gasteiger partial charge in [0, 0.05) is 37.4 Å². The van der Waals surface area contributed by atoms with Gasteiger partial charge in [0.05, 0.1) is 0 Å². The minimum atomic E-state index is -0.250. The molecular weight excluding hydrogens is 338 g/mol. The molecule has 0 saturated carbocycles.